The van der Waals surface area contributed by atoms with Crippen LogP contribution in [0.15, 0.2) is 121 Å². The number of hydrogen-bond donors (Lipinski definition) is 1. The maximum absolute atomic E-state index is 9.52. The molecule has 7 heteroatoms. The fraction of sp³-hybridized carbons (Fsp3) is 0.351. The first-order chi connectivity index (χ1) is 21.8. The van der Waals surface area contributed by atoms with Crippen LogP contribution in [0.3, 0.4) is 0 Å². The Balaban J connectivity index is 1.41. The maximum Gasteiger partial charge on any atom is 0.132 e. The van der Waals surface area contributed by atoms with Crippen molar-refractivity contribution in [1.29, 1.82) is 0 Å². The quantitative estimate of drug-likeness (QED) is 0.131. The fourth-order valence-electron chi connectivity index (χ4n) is 5.15. The van der Waals surface area contributed by atoms with Gasteiger partial charge in [0.25, 0.3) is 0 Å². The van der Waals surface area contributed by atoms with Crippen LogP contribution < -0.4 is 0 Å². The molecule has 6 nitrogen and oxygen atoms in total. The van der Waals surface area contributed by atoms with E-state index in [-0.39, 0.29) is 12.0 Å². The molecule has 0 spiro atoms. The molecule has 4 aromatic rings. The summed E-state index contributed by atoms with van der Waals surface area (Å²) in [6.07, 6.45) is -1.05. The van der Waals surface area contributed by atoms with Crippen molar-refractivity contribution in [3.63, 3.8) is 0 Å². The summed E-state index contributed by atoms with van der Waals surface area (Å²) in [5, 5.41) is 9.52. The van der Waals surface area contributed by atoms with Crippen LogP contribution in [0.25, 0.3) is 0 Å². The van der Waals surface area contributed by atoms with E-state index in [0.717, 1.165) is 28.0 Å². The second kappa shape index (κ2) is 18.1. The molecule has 1 heterocycles. The third kappa shape index (κ3) is 10.0. The second-order valence-electron chi connectivity index (χ2n) is 10.8. The van der Waals surface area contributed by atoms with E-state index in [9.17, 15) is 5.11 Å². The van der Waals surface area contributed by atoms with Gasteiger partial charge in [-0.25, -0.2) is 0 Å². The molecule has 4 aromatic carbocycles. The molecular weight excluding hydrogens is 572 g/mol. The van der Waals surface area contributed by atoms with E-state index < -0.39 is 24.4 Å². The first-order valence-corrected chi connectivity index (χ1v) is 16.3. The molecule has 1 aliphatic heterocycles. The number of aliphatic hydroxyl groups excluding tert-OH is 1. The Labute approximate surface area is 265 Å². The van der Waals surface area contributed by atoms with Gasteiger partial charge >= 0.3 is 0 Å². The van der Waals surface area contributed by atoms with Crippen LogP contribution in [0.4, 0.5) is 0 Å². The topological polar surface area (TPSA) is 66.4 Å². The molecule has 0 bridgehead atoms. The number of ether oxygens (including phenoxy) is 5. The zero-order valence-electron chi connectivity index (χ0n) is 25.0. The van der Waals surface area contributed by atoms with Crippen molar-refractivity contribution in [1.82, 2.24) is 0 Å². The molecule has 1 aliphatic rings. The number of benzene rings is 4. The highest BCUT2D eigenvalue weighted by Gasteiger charge is 2.48. The van der Waals surface area contributed by atoms with E-state index in [1.54, 1.807) is 11.8 Å². The van der Waals surface area contributed by atoms with Gasteiger partial charge in [-0.3, -0.25) is 0 Å². The average molecular weight is 615 g/mol. The van der Waals surface area contributed by atoms with E-state index in [1.807, 2.05) is 72.8 Å². The summed E-state index contributed by atoms with van der Waals surface area (Å²) in [4.78, 5) is 0. The largest absolute Gasteiger partial charge is 0.396 e. The van der Waals surface area contributed by atoms with Gasteiger partial charge in [0, 0.05) is 6.61 Å². The van der Waals surface area contributed by atoms with Crippen LogP contribution in [-0.4, -0.2) is 53.9 Å². The lowest BCUT2D eigenvalue weighted by molar-refractivity contribution is -0.254. The second-order valence-corrected chi connectivity index (χ2v) is 12.0. The van der Waals surface area contributed by atoms with Crippen molar-refractivity contribution < 1.29 is 28.8 Å². The lowest BCUT2D eigenvalue weighted by Crippen LogP contribution is -2.60. The van der Waals surface area contributed by atoms with Gasteiger partial charge in [-0.1, -0.05) is 121 Å². The van der Waals surface area contributed by atoms with Gasteiger partial charge < -0.3 is 28.8 Å². The Kier molecular flexibility index (Phi) is 13.3. The summed E-state index contributed by atoms with van der Waals surface area (Å²) < 4.78 is 33.1. The SMILES string of the molecule is OCCCS[C@@H]1O[C@H](COCc2ccccc2)[C@@H](OCc2ccccc2)[C@H](OCc2ccccc2)[C@H]1OCc1ccccc1. The van der Waals surface area contributed by atoms with Crippen molar-refractivity contribution >= 4 is 11.8 Å². The van der Waals surface area contributed by atoms with Crippen molar-refractivity contribution in [2.75, 3.05) is 19.0 Å². The summed E-state index contributed by atoms with van der Waals surface area (Å²) in [6, 6.07) is 40.6. The van der Waals surface area contributed by atoms with Crippen LogP contribution in [0.2, 0.25) is 0 Å². The van der Waals surface area contributed by atoms with Crippen LogP contribution in [0, 0.1) is 0 Å². The van der Waals surface area contributed by atoms with E-state index >= 15 is 0 Å². The average Bonchev–Trinajstić information content (AvgIpc) is 3.08. The molecule has 5 atom stereocenters. The summed E-state index contributed by atoms with van der Waals surface area (Å²) in [7, 11) is 0. The summed E-state index contributed by atoms with van der Waals surface area (Å²) in [5.74, 6) is 0.727. The van der Waals surface area contributed by atoms with Crippen LogP contribution in [0.1, 0.15) is 28.7 Å². The first kappa shape index (κ1) is 32.4. The number of hydrogen-bond acceptors (Lipinski definition) is 7. The van der Waals surface area contributed by atoms with Crippen molar-refractivity contribution in [3.8, 4) is 0 Å². The van der Waals surface area contributed by atoms with Crippen molar-refractivity contribution in [2.24, 2.45) is 0 Å². The predicted molar refractivity (Wildman–Crippen MR) is 174 cm³/mol. The number of rotatable bonds is 17. The normalized spacial score (nSPS) is 21.7. The maximum atomic E-state index is 9.52. The van der Waals surface area contributed by atoms with Crippen molar-refractivity contribution in [3.05, 3.63) is 144 Å². The highest BCUT2D eigenvalue weighted by Crippen LogP contribution is 2.35. The molecule has 0 aromatic heterocycles. The number of aliphatic hydroxyl groups is 1. The molecule has 1 fully saturated rings. The summed E-state index contributed by atoms with van der Waals surface area (Å²) in [6.45, 7) is 2.16. The predicted octanol–water partition coefficient (Wildman–Crippen LogP) is 6.80. The lowest BCUT2D eigenvalue weighted by Gasteiger charge is -2.46. The molecule has 0 radical (unpaired) electrons. The Hall–Kier alpha value is -3.01. The van der Waals surface area contributed by atoms with Crippen molar-refractivity contribution in [2.45, 2.75) is 62.7 Å². The van der Waals surface area contributed by atoms with Gasteiger partial charge in [0.15, 0.2) is 0 Å². The highest BCUT2D eigenvalue weighted by atomic mass is 32.2. The standard InChI is InChI=1S/C37H42O6S/c38-22-13-23-44-37-36(42-27-32-20-11-4-12-21-32)35(41-26-31-18-9-3-10-19-31)34(40-25-30-16-7-2-8-17-30)33(43-37)28-39-24-29-14-5-1-6-15-29/h1-12,14-21,33-38H,13,22-28H2/t33-,34-,35+,36-,37+/m1/s1. The van der Waals surface area contributed by atoms with E-state index in [2.05, 4.69) is 48.5 Å². The molecular formula is C37H42O6S. The molecule has 0 saturated carbocycles. The Morgan fingerprint density at radius 1 is 0.545 bits per heavy atom. The minimum absolute atomic E-state index is 0.121. The fourth-order valence-corrected chi connectivity index (χ4v) is 6.32. The minimum Gasteiger partial charge on any atom is -0.396 e. The van der Waals surface area contributed by atoms with Crippen LogP contribution in [0.5, 0.6) is 0 Å². The molecule has 0 unspecified atom stereocenters. The zero-order valence-corrected chi connectivity index (χ0v) is 25.8. The van der Waals surface area contributed by atoms with Gasteiger partial charge in [-0.15, -0.1) is 11.8 Å². The molecule has 0 amide bonds. The first-order valence-electron chi connectivity index (χ1n) is 15.3. The third-order valence-corrected chi connectivity index (χ3v) is 8.66. The van der Waals surface area contributed by atoms with Gasteiger partial charge in [-0.05, 0) is 34.4 Å². The van der Waals surface area contributed by atoms with Gasteiger partial charge in [0.2, 0.25) is 0 Å². The Morgan fingerprint density at radius 3 is 1.45 bits per heavy atom. The molecule has 5 rings (SSSR count). The summed E-state index contributed by atoms with van der Waals surface area (Å²) >= 11 is 1.64. The Morgan fingerprint density at radius 2 is 0.977 bits per heavy atom. The van der Waals surface area contributed by atoms with E-state index in [0.29, 0.717) is 39.5 Å². The highest BCUT2D eigenvalue weighted by molar-refractivity contribution is 7.99. The number of thioether (sulfide) groups is 1. The molecule has 1 N–H and O–H groups in total. The van der Waals surface area contributed by atoms with E-state index in [1.165, 1.54) is 0 Å². The minimum atomic E-state index is -0.454. The Bertz CT molecular complexity index is 1310. The van der Waals surface area contributed by atoms with Crippen LogP contribution >= 0.6 is 11.8 Å². The van der Waals surface area contributed by atoms with Gasteiger partial charge in [-0.2, -0.15) is 0 Å². The third-order valence-electron chi connectivity index (χ3n) is 7.43. The summed E-state index contributed by atoms with van der Waals surface area (Å²) in [5.41, 5.74) is 3.97. The van der Waals surface area contributed by atoms with E-state index in [4.69, 9.17) is 23.7 Å². The zero-order chi connectivity index (χ0) is 30.2. The van der Waals surface area contributed by atoms with Crippen LogP contribution in [-0.2, 0) is 50.1 Å². The smallest absolute Gasteiger partial charge is 0.132 e. The molecule has 1 saturated heterocycles. The van der Waals surface area contributed by atoms with Gasteiger partial charge in [0.05, 0.1) is 33.0 Å². The molecule has 232 valence electrons. The van der Waals surface area contributed by atoms with Gasteiger partial charge in [0.1, 0.15) is 29.9 Å². The monoisotopic (exact) mass is 614 g/mol. The molecule has 0 aliphatic carbocycles. The molecule has 44 heavy (non-hydrogen) atoms. The lowest BCUT2D eigenvalue weighted by atomic mass is 9.98.